The molecule has 0 aliphatic rings. The number of amides is 2. The summed E-state index contributed by atoms with van der Waals surface area (Å²) in [6.45, 7) is 5.98. The van der Waals surface area contributed by atoms with Crippen LogP contribution in [0.4, 0.5) is 0 Å². The summed E-state index contributed by atoms with van der Waals surface area (Å²) in [6.07, 6.45) is 0.996. The molecule has 0 radical (unpaired) electrons. The molecular formula is C22H27N3O2S. The number of rotatable bonds is 7. The number of carbonyl (C=O) groups excluding carboxylic acids is 2. The lowest BCUT2D eigenvalue weighted by Gasteiger charge is -2.18. The van der Waals surface area contributed by atoms with Gasteiger partial charge >= 0.3 is 0 Å². The molecule has 28 heavy (non-hydrogen) atoms. The lowest BCUT2D eigenvalue weighted by molar-refractivity contribution is -0.134. The standard InChI is InChI=1S/C22H27N3O2S/c1-14(2)23-20(26)13-25(4)21(27)10-8-16-17-12-15(3)7-9-18(17)24-22(16)19-6-5-11-28-19/h5-7,9,11-12,14,24H,8,10,13H2,1-4H3,(H,23,26). The largest absolute Gasteiger partial charge is 0.354 e. The van der Waals surface area contributed by atoms with Crippen molar-refractivity contribution >= 4 is 34.1 Å². The number of nitrogens with zero attached hydrogens (tertiary/aromatic N) is 1. The molecule has 0 bridgehead atoms. The van der Waals surface area contributed by atoms with E-state index in [0.717, 1.165) is 22.2 Å². The van der Waals surface area contributed by atoms with Crippen LogP contribution >= 0.6 is 11.3 Å². The average molecular weight is 398 g/mol. The molecular weight excluding hydrogens is 370 g/mol. The van der Waals surface area contributed by atoms with Crippen molar-refractivity contribution in [3.05, 3.63) is 46.8 Å². The van der Waals surface area contributed by atoms with Crippen LogP contribution in [0.3, 0.4) is 0 Å². The Kier molecular flexibility index (Phi) is 6.19. The van der Waals surface area contributed by atoms with Gasteiger partial charge in [0.15, 0.2) is 0 Å². The highest BCUT2D eigenvalue weighted by molar-refractivity contribution is 7.13. The minimum Gasteiger partial charge on any atom is -0.354 e. The maximum atomic E-state index is 12.6. The zero-order valence-electron chi connectivity index (χ0n) is 16.8. The number of H-pyrrole nitrogens is 1. The zero-order chi connectivity index (χ0) is 20.3. The summed E-state index contributed by atoms with van der Waals surface area (Å²) in [7, 11) is 1.68. The van der Waals surface area contributed by atoms with E-state index in [-0.39, 0.29) is 24.4 Å². The number of hydrogen-bond acceptors (Lipinski definition) is 3. The maximum absolute atomic E-state index is 12.6. The van der Waals surface area contributed by atoms with E-state index in [2.05, 4.69) is 46.9 Å². The van der Waals surface area contributed by atoms with E-state index in [1.54, 1.807) is 18.4 Å². The number of nitrogens with one attached hydrogen (secondary N) is 2. The van der Waals surface area contributed by atoms with Gasteiger partial charge in [-0.1, -0.05) is 17.7 Å². The summed E-state index contributed by atoms with van der Waals surface area (Å²) in [6, 6.07) is 10.5. The van der Waals surface area contributed by atoms with E-state index in [9.17, 15) is 9.59 Å². The van der Waals surface area contributed by atoms with Gasteiger partial charge in [0, 0.05) is 30.4 Å². The first-order valence-corrected chi connectivity index (χ1v) is 10.4. The second-order valence-corrected chi connectivity index (χ2v) is 8.42. The molecule has 1 aromatic carbocycles. The van der Waals surface area contributed by atoms with Gasteiger partial charge in [0.05, 0.1) is 17.1 Å². The number of hydrogen-bond donors (Lipinski definition) is 2. The van der Waals surface area contributed by atoms with Gasteiger partial charge in [-0.2, -0.15) is 0 Å². The molecule has 0 aliphatic carbocycles. The molecule has 2 aromatic heterocycles. The van der Waals surface area contributed by atoms with Crippen molar-refractivity contribution in [1.82, 2.24) is 15.2 Å². The topological polar surface area (TPSA) is 65.2 Å². The van der Waals surface area contributed by atoms with Gasteiger partial charge in [-0.25, -0.2) is 0 Å². The van der Waals surface area contributed by atoms with Crippen LogP contribution in [0.25, 0.3) is 21.5 Å². The Morgan fingerprint density at radius 1 is 1.25 bits per heavy atom. The first kappa shape index (κ1) is 20.1. The molecule has 148 valence electrons. The zero-order valence-corrected chi connectivity index (χ0v) is 17.7. The van der Waals surface area contributed by atoms with Crippen molar-refractivity contribution in [2.24, 2.45) is 0 Å². The minimum absolute atomic E-state index is 0.0296. The van der Waals surface area contributed by atoms with Gasteiger partial charge in [0.1, 0.15) is 0 Å². The van der Waals surface area contributed by atoms with E-state index in [1.165, 1.54) is 15.3 Å². The second-order valence-electron chi connectivity index (χ2n) is 7.48. The predicted molar refractivity (Wildman–Crippen MR) is 116 cm³/mol. The van der Waals surface area contributed by atoms with Gasteiger partial charge in [-0.15, -0.1) is 11.3 Å². The molecule has 2 amide bonds. The van der Waals surface area contributed by atoms with Crippen LogP contribution in [-0.2, 0) is 16.0 Å². The number of benzene rings is 1. The third kappa shape index (κ3) is 4.62. The second kappa shape index (κ2) is 8.61. The van der Waals surface area contributed by atoms with Crippen LogP contribution in [0, 0.1) is 6.92 Å². The molecule has 5 nitrogen and oxygen atoms in total. The molecule has 0 unspecified atom stereocenters. The molecule has 6 heteroatoms. The van der Waals surface area contributed by atoms with Crippen molar-refractivity contribution in [2.75, 3.05) is 13.6 Å². The van der Waals surface area contributed by atoms with E-state index >= 15 is 0 Å². The first-order chi connectivity index (χ1) is 13.3. The maximum Gasteiger partial charge on any atom is 0.239 e. The lowest BCUT2D eigenvalue weighted by atomic mass is 10.0. The van der Waals surface area contributed by atoms with Crippen LogP contribution in [-0.4, -0.2) is 41.3 Å². The molecule has 2 N–H and O–H groups in total. The molecule has 0 spiro atoms. The molecule has 0 fully saturated rings. The van der Waals surface area contributed by atoms with Crippen LogP contribution in [0.1, 0.15) is 31.4 Å². The van der Waals surface area contributed by atoms with E-state index < -0.39 is 0 Å². The van der Waals surface area contributed by atoms with Crippen LogP contribution in [0.5, 0.6) is 0 Å². The van der Waals surface area contributed by atoms with Crippen molar-refractivity contribution in [2.45, 2.75) is 39.7 Å². The molecule has 0 aliphatic heterocycles. The smallest absolute Gasteiger partial charge is 0.239 e. The van der Waals surface area contributed by atoms with Crippen molar-refractivity contribution < 1.29 is 9.59 Å². The predicted octanol–water partition coefficient (Wildman–Crippen LogP) is 4.12. The Bertz CT molecular complexity index is 973. The third-order valence-electron chi connectivity index (χ3n) is 4.67. The van der Waals surface area contributed by atoms with Gasteiger partial charge < -0.3 is 15.2 Å². The Morgan fingerprint density at radius 2 is 2.04 bits per heavy atom. The van der Waals surface area contributed by atoms with Gasteiger partial charge in [0.25, 0.3) is 0 Å². The fraction of sp³-hybridized carbons (Fsp3) is 0.364. The number of aromatic amines is 1. The fourth-order valence-electron chi connectivity index (χ4n) is 3.35. The first-order valence-electron chi connectivity index (χ1n) is 9.53. The summed E-state index contributed by atoms with van der Waals surface area (Å²) in [5.74, 6) is -0.161. The Morgan fingerprint density at radius 3 is 2.71 bits per heavy atom. The molecule has 0 saturated heterocycles. The molecule has 3 aromatic rings. The van der Waals surface area contributed by atoms with E-state index in [0.29, 0.717) is 12.8 Å². The highest BCUT2D eigenvalue weighted by Crippen LogP contribution is 2.34. The van der Waals surface area contributed by atoms with Crippen molar-refractivity contribution in [1.29, 1.82) is 0 Å². The summed E-state index contributed by atoms with van der Waals surface area (Å²) >= 11 is 1.68. The fourth-order valence-corrected chi connectivity index (χ4v) is 4.10. The SMILES string of the molecule is Cc1ccc2[nH]c(-c3cccs3)c(CCC(=O)N(C)CC(=O)NC(C)C)c2c1. The van der Waals surface area contributed by atoms with Crippen LogP contribution in [0.15, 0.2) is 35.7 Å². The number of carbonyl (C=O) groups is 2. The molecule has 2 heterocycles. The lowest BCUT2D eigenvalue weighted by Crippen LogP contribution is -2.40. The Hall–Kier alpha value is -2.60. The summed E-state index contributed by atoms with van der Waals surface area (Å²) in [5.41, 5.74) is 4.53. The summed E-state index contributed by atoms with van der Waals surface area (Å²) < 4.78 is 0. The molecule has 0 saturated carbocycles. The quantitative estimate of drug-likeness (QED) is 0.630. The summed E-state index contributed by atoms with van der Waals surface area (Å²) in [5, 5.41) is 6.04. The highest BCUT2D eigenvalue weighted by Gasteiger charge is 2.18. The third-order valence-corrected chi connectivity index (χ3v) is 5.56. The van der Waals surface area contributed by atoms with Crippen LogP contribution in [0.2, 0.25) is 0 Å². The average Bonchev–Trinajstić information content (AvgIpc) is 3.26. The van der Waals surface area contributed by atoms with E-state index in [1.807, 2.05) is 19.9 Å². The monoisotopic (exact) mass is 397 g/mol. The Balaban J connectivity index is 1.78. The van der Waals surface area contributed by atoms with Crippen molar-refractivity contribution in [3.63, 3.8) is 0 Å². The molecule has 0 atom stereocenters. The normalized spacial score (nSPS) is 11.2. The highest BCUT2D eigenvalue weighted by atomic mass is 32.1. The van der Waals surface area contributed by atoms with Crippen LogP contribution < -0.4 is 5.32 Å². The number of aromatic nitrogens is 1. The van der Waals surface area contributed by atoms with Crippen molar-refractivity contribution in [3.8, 4) is 10.6 Å². The van der Waals surface area contributed by atoms with Gasteiger partial charge in [-0.05, 0) is 56.3 Å². The molecule has 3 rings (SSSR count). The number of aryl methyl sites for hydroxylation is 2. The number of fused-ring (bicyclic) bond motifs is 1. The Labute approximate surface area is 169 Å². The van der Waals surface area contributed by atoms with E-state index in [4.69, 9.17) is 0 Å². The van der Waals surface area contributed by atoms with Gasteiger partial charge in [-0.3, -0.25) is 9.59 Å². The number of thiophene rings is 1. The number of likely N-dealkylation sites (N-methyl/N-ethyl adjacent to an activating group) is 1. The summed E-state index contributed by atoms with van der Waals surface area (Å²) in [4.78, 5) is 30.7. The minimum atomic E-state index is -0.132. The van der Waals surface area contributed by atoms with Gasteiger partial charge in [0.2, 0.25) is 11.8 Å².